The van der Waals surface area contributed by atoms with E-state index in [-0.39, 0.29) is 5.84 Å². The number of aromatic nitrogens is 1. The van der Waals surface area contributed by atoms with E-state index in [4.69, 9.17) is 10.9 Å². The summed E-state index contributed by atoms with van der Waals surface area (Å²) in [5, 5.41) is 11.9. The molecule has 0 spiro atoms. The molecule has 19 heavy (non-hydrogen) atoms. The van der Waals surface area contributed by atoms with Crippen LogP contribution in [0.2, 0.25) is 0 Å². The van der Waals surface area contributed by atoms with Crippen molar-refractivity contribution >= 4 is 11.7 Å². The summed E-state index contributed by atoms with van der Waals surface area (Å²) in [6, 6.07) is 4.14. The predicted molar refractivity (Wildman–Crippen MR) is 75.7 cm³/mol. The Bertz CT molecular complexity index is 460. The fourth-order valence-corrected chi connectivity index (χ4v) is 2.47. The molecule has 1 aromatic rings. The van der Waals surface area contributed by atoms with Gasteiger partial charge in [-0.3, -0.25) is 0 Å². The van der Waals surface area contributed by atoms with Crippen LogP contribution in [0, 0.1) is 0 Å². The van der Waals surface area contributed by atoms with Gasteiger partial charge >= 0.3 is 0 Å². The number of pyridine rings is 1. The Morgan fingerprint density at radius 3 is 3.05 bits per heavy atom. The van der Waals surface area contributed by atoms with E-state index in [1.54, 1.807) is 12.3 Å². The van der Waals surface area contributed by atoms with Crippen LogP contribution < -0.4 is 10.6 Å². The molecule has 1 saturated heterocycles. The molecule has 6 heteroatoms. The summed E-state index contributed by atoms with van der Waals surface area (Å²) in [6.07, 6.45) is 4.05. The highest BCUT2D eigenvalue weighted by atomic mass is 16.4. The van der Waals surface area contributed by atoms with E-state index < -0.39 is 0 Å². The van der Waals surface area contributed by atoms with E-state index in [0.29, 0.717) is 11.6 Å². The van der Waals surface area contributed by atoms with Crippen LogP contribution in [-0.4, -0.2) is 54.2 Å². The smallest absolute Gasteiger partial charge is 0.173 e. The van der Waals surface area contributed by atoms with Gasteiger partial charge < -0.3 is 20.7 Å². The number of hydrogen-bond donors (Lipinski definition) is 2. The fourth-order valence-electron chi connectivity index (χ4n) is 2.47. The third-order valence-corrected chi connectivity index (χ3v) is 3.60. The molecule has 1 atom stereocenters. The SMILES string of the molecule is CN(C)C1CCCN(c2ncccc2C(N)=NO)C1. The Labute approximate surface area is 113 Å². The number of hydrogen-bond acceptors (Lipinski definition) is 5. The molecule has 0 aliphatic carbocycles. The molecule has 1 aromatic heterocycles. The third kappa shape index (κ3) is 2.96. The molecule has 1 fully saturated rings. The lowest BCUT2D eigenvalue weighted by Crippen LogP contribution is -2.46. The second-order valence-corrected chi connectivity index (χ2v) is 5.07. The van der Waals surface area contributed by atoms with Crippen molar-refractivity contribution in [3.8, 4) is 0 Å². The van der Waals surface area contributed by atoms with Crippen molar-refractivity contribution in [3.05, 3.63) is 23.9 Å². The molecule has 0 radical (unpaired) electrons. The summed E-state index contributed by atoms with van der Waals surface area (Å²) in [4.78, 5) is 8.84. The zero-order valence-corrected chi connectivity index (χ0v) is 11.5. The van der Waals surface area contributed by atoms with E-state index in [9.17, 15) is 0 Å². The first-order valence-corrected chi connectivity index (χ1v) is 6.47. The van der Waals surface area contributed by atoms with Crippen molar-refractivity contribution in [1.82, 2.24) is 9.88 Å². The van der Waals surface area contributed by atoms with E-state index >= 15 is 0 Å². The summed E-state index contributed by atoms with van der Waals surface area (Å²) in [6.45, 7) is 1.86. The molecule has 104 valence electrons. The molecule has 0 aromatic carbocycles. The molecule has 3 N–H and O–H groups in total. The molecular formula is C13H21N5O. The maximum Gasteiger partial charge on any atom is 0.173 e. The molecule has 2 heterocycles. The van der Waals surface area contributed by atoms with Gasteiger partial charge in [-0.25, -0.2) is 4.98 Å². The lowest BCUT2D eigenvalue weighted by atomic mass is 10.0. The molecule has 1 unspecified atom stereocenters. The Morgan fingerprint density at radius 1 is 1.58 bits per heavy atom. The van der Waals surface area contributed by atoms with Crippen LogP contribution in [0.1, 0.15) is 18.4 Å². The van der Waals surface area contributed by atoms with Gasteiger partial charge in [-0.05, 0) is 39.1 Å². The van der Waals surface area contributed by atoms with Gasteiger partial charge in [-0.2, -0.15) is 0 Å². The Morgan fingerprint density at radius 2 is 2.37 bits per heavy atom. The molecule has 2 rings (SSSR count). The first kappa shape index (κ1) is 13.6. The maximum absolute atomic E-state index is 8.86. The van der Waals surface area contributed by atoms with Crippen LogP contribution in [0.4, 0.5) is 5.82 Å². The van der Waals surface area contributed by atoms with Crippen molar-refractivity contribution in [2.45, 2.75) is 18.9 Å². The van der Waals surface area contributed by atoms with Gasteiger partial charge in [0.15, 0.2) is 5.84 Å². The van der Waals surface area contributed by atoms with Gasteiger partial charge in [-0.1, -0.05) is 5.16 Å². The first-order valence-electron chi connectivity index (χ1n) is 6.47. The summed E-state index contributed by atoms with van der Waals surface area (Å²) < 4.78 is 0. The molecule has 0 bridgehead atoms. The van der Waals surface area contributed by atoms with Gasteiger partial charge in [-0.15, -0.1) is 0 Å². The monoisotopic (exact) mass is 263 g/mol. The quantitative estimate of drug-likeness (QED) is 0.363. The second kappa shape index (κ2) is 5.88. The minimum Gasteiger partial charge on any atom is -0.409 e. The van der Waals surface area contributed by atoms with Crippen molar-refractivity contribution in [3.63, 3.8) is 0 Å². The number of nitrogens with zero attached hydrogens (tertiary/aromatic N) is 4. The lowest BCUT2D eigenvalue weighted by Gasteiger charge is -2.37. The maximum atomic E-state index is 8.86. The number of rotatable bonds is 3. The topological polar surface area (TPSA) is 78.0 Å². The normalized spacial score (nSPS) is 20.9. The second-order valence-electron chi connectivity index (χ2n) is 5.07. The molecule has 0 saturated carbocycles. The Balaban J connectivity index is 2.26. The number of likely N-dealkylation sites (N-methyl/N-ethyl adjacent to an activating group) is 1. The minimum atomic E-state index is 0.107. The lowest BCUT2D eigenvalue weighted by molar-refractivity contribution is 0.257. The summed E-state index contributed by atoms with van der Waals surface area (Å²) in [5.41, 5.74) is 6.40. The number of oxime groups is 1. The van der Waals surface area contributed by atoms with Crippen LogP contribution in [0.25, 0.3) is 0 Å². The molecule has 6 nitrogen and oxygen atoms in total. The van der Waals surface area contributed by atoms with Gasteiger partial charge in [0.2, 0.25) is 0 Å². The average Bonchev–Trinajstić information content (AvgIpc) is 2.46. The van der Waals surface area contributed by atoms with Crippen molar-refractivity contribution < 1.29 is 5.21 Å². The number of anilines is 1. The number of piperidine rings is 1. The molecule has 0 amide bonds. The van der Waals surface area contributed by atoms with Gasteiger partial charge in [0, 0.05) is 25.3 Å². The van der Waals surface area contributed by atoms with Crippen molar-refractivity contribution in [2.24, 2.45) is 10.9 Å². The summed E-state index contributed by atoms with van der Waals surface area (Å²) in [7, 11) is 4.19. The zero-order chi connectivity index (χ0) is 13.8. The van der Waals surface area contributed by atoms with Crippen LogP contribution >= 0.6 is 0 Å². The van der Waals surface area contributed by atoms with E-state index in [1.807, 2.05) is 6.07 Å². The largest absolute Gasteiger partial charge is 0.409 e. The highest BCUT2D eigenvalue weighted by Gasteiger charge is 2.24. The Kier molecular flexibility index (Phi) is 4.21. The Hall–Kier alpha value is -1.82. The van der Waals surface area contributed by atoms with E-state index in [0.717, 1.165) is 25.3 Å². The van der Waals surface area contributed by atoms with Crippen LogP contribution in [0.15, 0.2) is 23.5 Å². The van der Waals surface area contributed by atoms with Crippen LogP contribution in [0.3, 0.4) is 0 Å². The van der Waals surface area contributed by atoms with Gasteiger partial charge in [0.05, 0.1) is 5.56 Å². The summed E-state index contributed by atoms with van der Waals surface area (Å²) in [5.74, 6) is 0.902. The average molecular weight is 263 g/mol. The molecule has 1 aliphatic rings. The zero-order valence-electron chi connectivity index (χ0n) is 11.5. The molecule has 1 aliphatic heterocycles. The summed E-state index contributed by atoms with van der Waals surface area (Å²) >= 11 is 0. The van der Waals surface area contributed by atoms with Gasteiger partial charge in [0.25, 0.3) is 0 Å². The standard InChI is InChI=1S/C13H21N5O/c1-17(2)10-5-4-8-18(9-10)13-11(12(14)16-19)6-3-7-15-13/h3,6-7,10,19H,4-5,8-9H2,1-2H3,(H2,14,16). The first-order chi connectivity index (χ1) is 9.13. The molecular weight excluding hydrogens is 242 g/mol. The minimum absolute atomic E-state index is 0.107. The van der Waals surface area contributed by atoms with Gasteiger partial charge in [0.1, 0.15) is 5.82 Å². The van der Waals surface area contributed by atoms with Crippen molar-refractivity contribution in [2.75, 3.05) is 32.1 Å². The highest BCUT2D eigenvalue weighted by molar-refractivity contribution is 6.01. The highest BCUT2D eigenvalue weighted by Crippen LogP contribution is 2.23. The van der Waals surface area contributed by atoms with E-state index in [2.05, 4.69) is 34.0 Å². The third-order valence-electron chi connectivity index (χ3n) is 3.60. The predicted octanol–water partition coefficient (Wildman–Crippen LogP) is 0.707. The van der Waals surface area contributed by atoms with Crippen LogP contribution in [0.5, 0.6) is 0 Å². The fraction of sp³-hybridized carbons (Fsp3) is 0.538. The number of nitrogens with two attached hydrogens (primary N) is 1. The van der Waals surface area contributed by atoms with E-state index in [1.165, 1.54) is 6.42 Å². The van der Waals surface area contributed by atoms with Crippen LogP contribution in [-0.2, 0) is 0 Å². The van der Waals surface area contributed by atoms with Crippen molar-refractivity contribution in [1.29, 1.82) is 0 Å². The number of amidine groups is 1.